The number of furan rings is 1. The second kappa shape index (κ2) is 8.81. The number of anilines is 1. The molecule has 156 valence electrons. The van der Waals surface area contributed by atoms with Crippen LogP contribution in [0.15, 0.2) is 65.3 Å². The number of halogens is 2. The topological polar surface area (TPSA) is 100 Å². The van der Waals surface area contributed by atoms with Crippen LogP contribution >= 0.6 is 34.5 Å². The van der Waals surface area contributed by atoms with E-state index in [0.717, 1.165) is 4.70 Å². The van der Waals surface area contributed by atoms with Crippen molar-refractivity contribution in [2.24, 2.45) is 0 Å². The molecule has 7 nitrogen and oxygen atoms in total. The van der Waals surface area contributed by atoms with Crippen molar-refractivity contribution in [3.63, 3.8) is 0 Å². The fraction of sp³-hybridized carbons (Fsp3) is 0. The van der Waals surface area contributed by atoms with Crippen molar-refractivity contribution in [3.8, 4) is 0 Å². The molecular weight excluding hydrogens is 461 g/mol. The largest absolute Gasteiger partial charge is 0.459 e. The maximum atomic E-state index is 12.5. The van der Waals surface area contributed by atoms with Crippen molar-refractivity contribution in [2.75, 3.05) is 5.32 Å². The van der Waals surface area contributed by atoms with Crippen molar-refractivity contribution in [1.82, 2.24) is 10.9 Å². The summed E-state index contributed by atoms with van der Waals surface area (Å²) in [5.41, 5.74) is 5.46. The Hall–Kier alpha value is -3.33. The van der Waals surface area contributed by atoms with E-state index in [1.54, 1.807) is 36.4 Å². The summed E-state index contributed by atoms with van der Waals surface area (Å²) >= 11 is 13.4. The molecule has 0 aliphatic rings. The molecule has 0 bridgehead atoms. The zero-order chi connectivity index (χ0) is 22.0. The molecule has 0 unspecified atom stereocenters. The van der Waals surface area contributed by atoms with Gasteiger partial charge in [-0.2, -0.15) is 0 Å². The van der Waals surface area contributed by atoms with Crippen LogP contribution in [0.25, 0.3) is 10.1 Å². The summed E-state index contributed by atoms with van der Waals surface area (Å²) in [4.78, 5) is 37.0. The number of benzene rings is 2. The van der Waals surface area contributed by atoms with Crippen molar-refractivity contribution in [3.05, 3.63) is 87.1 Å². The van der Waals surface area contributed by atoms with Gasteiger partial charge >= 0.3 is 0 Å². The number of carbonyl (C=O) groups excluding carboxylic acids is 3. The molecular formula is C21H13Cl2N3O4S. The van der Waals surface area contributed by atoms with Gasteiger partial charge in [-0.3, -0.25) is 25.2 Å². The van der Waals surface area contributed by atoms with Crippen LogP contribution in [0.2, 0.25) is 10.0 Å². The van der Waals surface area contributed by atoms with E-state index in [9.17, 15) is 14.4 Å². The molecule has 3 N–H and O–H groups in total. The molecule has 0 aliphatic heterocycles. The Morgan fingerprint density at radius 1 is 0.871 bits per heavy atom. The number of carbonyl (C=O) groups is 3. The highest BCUT2D eigenvalue weighted by Gasteiger charge is 2.18. The normalized spacial score (nSPS) is 10.6. The molecule has 0 fully saturated rings. The first-order valence-corrected chi connectivity index (χ1v) is 10.4. The van der Waals surface area contributed by atoms with E-state index in [4.69, 9.17) is 27.6 Å². The van der Waals surface area contributed by atoms with Gasteiger partial charge in [-0.1, -0.05) is 29.3 Å². The van der Waals surface area contributed by atoms with E-state index in [2.05, 4.69) is 16.2 Å². The third kappa shape index (κ3) is 4.56. The van der Waals surface area contributed by atoms with E-state index in [1.165, 1.54) is 35.8 Å². The van der Waals surface area contributed by atoms with Gasteiger partial charge in [-0.25, -0.2) is 0 Å². The summed E-state index contributed by atoms with van der Waals surface area (Å²) in [5, 5.41) is 4.18. The highest BCUT2D eigenvalue weighted by atomic mass is 35.5. The average molecular weight is 474 g/mol. The first-order valence-electron chi connectivity index (χ1n) is 8.85. The van der Waals surface area contributed by atoms with Crippen molar-refractivity contribution >= 4 is 68.0 Å². The average Bonchev–Trinajstić information content (AvgIpc) is 3.41. The van der Waals surface area contributed by atoms with Gasteiger partial charge < -0.3 is 9.73 Å². The highest BCUT2D eigenvalue weighted by molar-refractivity contribution is 7.21. The van der Waals surface area contributed by atoms with Gasteiger partial charge in [0.15, 0.2) is 5.76 Å². The molecule has 10 heteroatoms. The van der Waals surface area contributed by atoms with E-state index < -0.39 is 17.7 Å². The highest BCUT2D eigenvalue weighted by Crippen LogP contribution is 2.36. The van der Waals surface area contributed by atoms with Crippen molar-refractivity contribution < 1.29 is 18.8 Å². The summed E-state index contributed by atoms with van der Waals surface area (Å²) in [7, 11) is 0. The Morgan fingerprint density at radius 2 is 1.61 bits per heavy atom. The predicted molar refractivity (Wildman–Crippen MR) is 120 cm³/mol. The minimum atomic E-state index is -0.544. The zero-order valence-corrected chi connectivity index (χ0v) is 17.9. The third-order valence-electron chi connectivity index (χ3n) is 4.24. The van der Waals surface area contributed by atoms with E-state index in [-0.39, 0.29) is 16.2 Å². The standard InChI is InChI=1S/C21H13Cl2N3O4S/c22-12-5-8-14-16(10-12)31-18(17(14)23)21(29)26-25-19(27)11-3-6-13(7-4-11)24-20(28)15-2-1-9-30-15/h1-10H,(H,24,28)(H,25,27)(H,26,29). The molecule has 0 spiro atoms. The van der Waals surface area contributed by atoms with Crippen LogP contribution in [-0.4, -0.2) is 17.7 Å². The van der Waals surface area contributed by atoms with Crippen molar-refractivity contribution in [1.29, 1.82) is 0 Å². The second-order valence-electron chi connectivity index (χ2n) is 6.30. The number of thiophene rings is 1. The summed E-state index contributed by atoms with van der Waals surface area (Å²) in [5.74, 6) is -1.31. The van der Waals surface area contributed by atoms with Gasteiger partial charge in [0, 0.05) is 26.4 Å². The molecule has 4 rings (SSSR count). The molecule has 0 radical (unpaired) electrons. The van der Waals surface area contributed by atoms with Crippen LogP contribution in [0.1, 0.15) is 30.6 Å². The summed E-state index contributed by atoms with van der Waals surface area (Å²) in [6, 6.07) is 14.4. The molecule has 3 amide bonds. The smallest absolute Gasteiger partial charge is 0.291 e. The number of nitrogens with one attached hydrogen (secondary N) is 3. The van der Waals surface area contributed by atoms with E-state index >= 15 is 0 Å². The quantitative estimate of drug-likeness (QED) is 0.357. The summed E-state index contributed by atoms with van der Waals surface area (Å²) in [6.45, 7) is 0. The van der Waals surface area contributed by atoms with Crippen LogP contribution in [0.4, 0.5) is 5.69 Å². The minimum absolute atomic E-state index is 0.173. The molecule has 2 aromatic heterocycles. The number of hydrogen-bond donors (Lipinski definition) is 3. The Morgan fingerprint density at radius 3 is 2.32 bits per heavy atom. The molecule has 2 heterocycles. The van der Waals surface area contributed by atoms with Gasteiger partial charge in [-0.15, -0.1) is 11.3 Å². The third-order valence-corrected chi connectivity index (χ3v) is 6.13. The van der Waals surface area contributed by atoms with E-state index in [0.29, 0.717) is 21.1 Å². The fourth-order valence-electron chi connectivity index (χ4n) is 2.73. The zero-order valence-electron chi connectivity index (χ0n) is 15.6. The lowest BCUT2D eigenvalue weighted by atomic mass is 10.2. The molecule has 0 aliphatic carbocycles. The molecule has 0 saturated heterocycles. The summed E-state index contributed by atoms with van der Waals surface area (Å²) in [6.07, 6.45) is 1.40. The molecule has 2 aromatic carbocycles. The van der Waals surface area contributed by atoms with Gasteiger partial charge in [0.25, 0.3) is 17.7 Å². The fourth-order valence-corrected chi connectivity index (χ4v) is 4.42. The number of hydrazine groups is 1. The second-order valence-corrected chi connectivity index (χ2v) is 8.17. The number of hydrogen-bond acceptors (Lipinski definition) is 5. The maximum absolute atomic E-state index is 12.5. The number of fused-ring (bicyclic) bond motifs is 1. The van der Waals surface area contributed by atoms with Crippen LogP contribution in [0.5, 0.6) is 0 Å². The van der Waals surface area contributed by atoms with Gasteiger partial charge in [0.2, 0.25) is 0 Å². The van der Waals surface area contributed by atoms with Crippen LogP contribution < -0.4 is 16.2 Å². The van der Waals surface area contributed by atoms with Crippen LogP contribution in [0.3, 0.4) is 0 Å². The first-order chi connectivity index (χ1) is 14.9. The Bertz CT molecular complexity index is 1280. The first kappa shape index (κ1) is 20.9. The molecule has 31 heavy (non-hydrogen) atoms. The SMILES string of the molecule is O=C(NNC(=O)c1sc2cc(Cl)ccc2c1Cl)c1ccc(NC(=O)c2ccco2)cc1. The van der Waals surface area contributed by atoms with Crippen molar-refractivity contribution in [2.45, 2.75) is 0 Å². The van der Waals surface area contributed by atoms with Gasteiger partial charge in [0.1, 0.15) is 4.88 Å². The lowest BCUT2D eigenvalue weighted by Crippen LogP contribution is -2.41. The van der Waals surface area contributed by atoms with Crippen LogP contribution in [-0.2, 0) is 0 Å². The minimum Gasteiger partial charge on any atom is -0.459 e. The monoisotopic (exact) mass is 473 g/mol. The van der Waals surface area contributed by atoms with Crippen LogP contribution in [0, 0.1) is 0 Å². The van der Waals surface area contributed by atoms with E-state index in [1.807, 2.05) is 0 Å². The Balaban J connectivity index is 1.38. The van der Waals surface area contributed by atoms with Gasteiger partial charge in [0.05, 0.1) is 11.3 Å². The number of amides is 3. The molecule has 0 atom stereocenters. The van der Waals surface area contributed by atoms with Gasteiger partial charge in [-0.05, 0) is 48.5 Å². The summed E-state index contributed by atoms with van der Waals surface area (Å²) < 4.78 is 5.79. The maximum Gasteiger partial charge on any atom is 0.291 e. The Labute approximate surface area is 189 Å². The lowest BCUT2D eigenvalue weighted by Gasteiger charge is -2.08. The predicted octanol–water partition coefficient (Wildman–Crippen LogP) is 5.13. The Kier molecular flexibility index (Phi) is 5.94. The molecule has 0 saturated carbocycles. The lowest BCUT2D eigenvalue weighted by molar-refractivity contribution is 0.0849. The number of rotatable bonds is 4. The molecule has 4 aromatic rings.